The lowest BCUT2D eigenvalue weighted by Gasteiger charge is -2.29. The molecule has 0 aliphatic carbocycles. The SMILES string of the molecule is COc1cc(CC(=O)N2CCOCC2)ccc1Oc1nc(Nc2ccc(OCC3CCCN(C)C3)c(F)c2)ncc1C(=O)Nc1c(C)cccc1C. The standard InChI is InChI=1S/C39H45FN6O6/c1-25-7-5-8-26(2)36(25)43-37(48)30-22-41-39(42-29-11-13-32(31(40)21-29)51-24-28-9-6-14-45(3)23-28)44-38(30)52-33-12-10-27(19-34(33)49-4)20-35(47)46-15-17-50-18-16-46/h5,7-8,10-13,19,21-22,28H,6,9,14-18,20,23-24H2,1-4H3,(H,43,48)(H,41,42,44). The van der Waals surface area contributed by atoms with Gasteiger partial charge < -0.3 is 39.4 Å². The van der Waals surface area contributed by atoms with E-state index in [2.05, 4.69) is 32.5 Å². The molecule has 0 bridgehead atoms. The molecule has 3 aromatic carbocycles. The summed E-state index contributed by atoms with van der Waals surface area (Å²) in [6.45, 7) is 8.39. The first kappa shape index (κ1) is 36.5. The van der Waals surface area contributed by atoms with Crippen LogP contribution in [0.15, 0.2) is 60.8 Å². The molecule has 1 unspecified atom stereocenters. The number of rotatable bonds is 12. The number of nitrogens with one attached hydrogen (secondary N) is 2. The van der Waals surface area contributed by atoms with Crippen molar-refractivity contribution in [1.82, 2.24) is 19.8 Å². The van der Waals surface area contributed by atoms with Gasteiger partial charge in [-0.05, 0) is 81.2 Å². The Labute approximate surface area is 303 Å². The number of carbonyl (C=O) groups is 2. The Hall–Kier alpha value is -5.27. The zero-order valence-corrected chi connectivity index (χ0v) is 30.0. The van der Waals surface area contributed by atoms with Crippen LogP contribution in [-0.2, 0) is 16.0 Å². The van der Waals surface area contributed by atoms with Crippen LogP contribution in [0.4, 0.5) is 21.7 Å². The van der Waals surface area contributed by atoms with Crippen LogP contribution in [-0.4, -0.2) is 91.7 Å². The van der Waals surface area contributed by atoms with Crippen molar-refractivity contribution in [2.75, 3.05) is 70.8 Å². The van der Waals surface area contributed by atoms with Crippen molar-refractivity contribution >= 4 is 29.1 Å². The summed E-state index contributed by atoms with van der Waals surface area (Å²) in [5.41, 5.74) is 3.62. The zero-order valence-electron chi connectivity index (χ0n) is 30.0. The number of morpholine rings is 1. The third kappa shape index (κ3) is 9.14. The van der Waals surface area contributed by atoms with Gasteiger partial charge in [-0.3, -0.25) is 9.59 Å². The van der Waals surface area contributed by atoms with Crippen LogP contribution in [0.25, 0.3) is 0 Å². The molecule has 0 saturated carbocycles. The summed E-state index contributed by atoms with van der Waals surface area (Å²) >= 11 is 0. The molecular formula is C39H45FN6O6. The number of ether oxygens (including phenoxy) is 4. The second-order valence-corrected chi connectivity index (χ2v) is 13.2. The minimum atomic E-state index is -0.521. The van der Waals surface area contributed by atoms with Crippen molar-refractivity contribution in [2.45, 2.75) is 33.1 Å². The fourth-order valence-electron chi connectivity index (χ4n) is 6.40. The topological polar surface area (TPSA) is 127 Å². The van der Waals surface area contributed by atoms with Crippen molar-refractivity contribution in [1.29, 1.82) is 0 Å². The second kappa shape index (κ2) is 16.8. The van der Waals surface area contributed by atoms with Crippen molar-refractivity contribution in [3.8, 4) is 23.1 Å². The van der Waals surface area contributed by atoms with Gasteiger partial charge in [-0.15, -0.1) is 0 Å². The smallest absolute Gasteiger partial charge is 0.262 e. The van der Waals surface area contributed by atoms with Crippen LogP contribution in [0, 0.1) is 25.6 Å². The number of para-hydroxylation sites is 1. The van der Waals surface area contributed by atoms with E-state index in [0.717, 1.165) is 42.6 Å². The van der Waals surface area contributed by atoms with Gasteiger partial charge in [0.15, 0.2) is 23.1 Å². The van der Waals surface area contributed by atoms with Gasteiger partial charge in [-0.2, -0.15) is 4.98 Å². The Kier molecular flexibility index (Phi) is 11.8. The van der Waals surface area contributed by atoms with Crippen molar-refractivity contribution in [3.05, 3.63) is 88.9 Å². The maximum absolute atomic E-state index is 15.2. The van der Waals surface area contributed by atoms with E-state index in [1.807, 2.05) is 32.0 Å². The lowest BCUT2D eigenvalue weighted by molar-refractivity contribution is -0.134. The van der Waals surface area contributed by atoms with E-state index in [4.69, 9.17) is 18.9 Å². The number of nitrogens with zero attached hydrogens (tertiary/aromatic N) is 4. The minimum absolute atomic E-state index is 0.0101. The number of hydrogen-bond donors (Lipinski definition) is 2. The van der Waals surface area contributed by atoms with E-state index in [0.29, 0.717) is 56.0 Å². The normalized spacial score (nSPS) is 16.2. The Morgan fingerprint density at radius 3 is 2.50 bits per heavy atom. The molecule has 13 heteroatoms. The van der Waals surface area contributed by atoms with Crippen LogP contribution in [0.1, 0.15) is 39.9 Å². The van der Waals surface area contributed by atoms with E-state index < -0.39 is 11.7 Å². The maximum Gasteiger partial charge on any atom is 0.262 e. The predicted molar refractivity (Wildman–Crippen MR) is 195 cm³/mol. The molecule has 12 nitrogen and oxygen atoms in total. The van der Waals surface area contributed by atoms with E-state index >= 15 is 4.39 Å². The first-order valence-corrected chi connectivity index (χ1v) is 17.5. The Bertz CT molecular complexity index is 1880. The predicted octanol–water partition coefficient (Wildman–Crippen LogP) is 6.15. The van der Waals surface area contributed by atoms with Gasteiger partial charge in [0, 0.05) is 49.2 Å². The highest BCUT2D eigenvalue weighted by atomic mass is 19.1. The third-order valence-electron chi connectivity index (χ3n) is 9.26. The van der Waals surface area contributed by atoms with Crippen LogP contribution in [0.2, 0.25) is 0 Å². The maximum atomic E-state index is 15.2. The van der Waals surface area contributed by atoms with Crippen LogP contribution < -0.4 is 24.8 Å². The molecule has 0 radical (unpaired) electrons. The van der Waals surface area contributed by atoms with Crippen molar-refractivity contribution in [3.63, 3.8) is 0 Å². The molecule has 2 saturated heterocycles. The summed E-state index contributed by atoms with van der Waals surface area (Å²) in [5, 5.41) is 5.98. The molecule has 274 valence electrons. The number of carbonyl (C=O) groups excluding carboxylic acids is 2. The lowest BCUT2D eigenvalue weighted by Crippen LogP contribution is -2.41. The summed E-state index contributed by atoms with van der Waals surface area (Å²) < 4.78 is 38.3. The van der Waals surface area contributed by atoms with Gasteiger partial charge in [0.1, 0.15) is 5.56 Å². The molecule has 2 aliphatic rings. The molecule has 2 N–H and O–H groups in total. The number of anilines is 3. The molecule has 2 aliphatic heterocycles. The number of hydrogen-bond acceptors (Lipinski definition) is 10. The van der Waals surface area contributed by atoms with E-state index in [1.54, 1.807) is 35.2 Å². The van der Waals surface area contributed by atoms with Crippen LogP contribution in [0.3, 0.4) is 0 Å². The summed E-state index contributed by atoms with van der Waals surface area (Å²) in [5.74, 6) is 0.133. The Morgan fingerprint density at radius 2 is 1.77 bits per heavy atom. The molecule has 4 aromatic rings. The molecule has 1 aromatic heterocycles. The third-order valence-corrected chi connectivity index (χ3v) is 9.26. The number of aryl methyl sites for hydroxylation is 2. The lowest BCUT2D eigenvalue weighted by atomic mass is 10.00. The molecule has 1 atom stereocenters. The highest BCUT2D eigenvalue weighted by molar-refractivity contribution is 6.06. The second-order valence-electron chi connectivity index (χ2n) is 13.2. The van der Waals surface area contributed by atoms with Crippen molar-refractivity contribution in [2.24, 2.45) is 5.92 Å². The van der Waals surface area contributed by atoms with Gasteiger partial charge in [-0.1, -0.05) is 24.3 Å². The number of methoxy groups -OCH3 is 1. The number of aromatic nitrogens is 2. The fraction of sp³-hybridized carbons (Fsp3) is 0.385. The zero-order chi connectivity index (χ0) is 36.6. The number of amides is 2. The summed E-state index contributed by atoms with van der Waals surface area (Å²) in [6.07, 6.45) is 3.68. The van der Waals surface area contributed by atoms with Gasteiger partial charge >= 0.3 is 0 Å². The molecule has 2 fully saturated rings. The monoisotopic (exact) mass is 712 g/mol. The summed E-state index contributed by atoms with van der Waals surface area (Å²) in [7, 11) is 3.58. The number of likely N-dealkylation sites (tertiary alicyclic amines) is 1. The largest absolute Gasteiger partial charge is 0.493 e. The van der Waals surface area contributed by atoms with Crippen molar-refractivity contribution < 1.29 is 32.9 Å². The van der Waals surface area contributed by atoms with E-state index in [1.165, 1.54) is 19.4 Å². The molecular weight excluding hydrogens is 667 g/mol. The first-order chi connectivity index (χ1) is 25.2. The average molecular weight is 713 g/mol. The van der Waals surface area contributed by atoms with Crippen LogP contribution in [0.5, 0.6) is 23.1 Å². The summed E-state index contributed by atoms with van der Waals surface area (Å²) in [6, 6.07) is 15.5. The number of benzene rings is 3. The highest BCUT2D eigenvalue weighted by Gasteiger charge is 2.23. The minimum Gasteiger partial charge on any atom is -0.493 e. The first-order valence-electron chi connectivity index (χ1n) is 17.5. The average Bonchev–Trinajstić information content (AvgIpc) is 3.14. The molecule has 2 amide bonds. The van der Waals surface area contributed by atoms with Gasteiger partial charge in [0.05, 0.1) is 33.4 Å². The molecule has 52 heavy (non-hydrogen) atoms. The molecule has 3 heterocycles. The number of halogens is 1. The highest BCUT2D eigenvalue weighted by Crippen LogP contribution is 2.35. The van der Waals surface area contributed by atoms with Gasteiger partial charge in [0.25, 0.3) is 5.91 Å². The Balaban J connectivity index is 1.23. The molecule has 0 spiro atoms. The number of piperidine rings is 1. The summed E-state index contributed by atoms with van der Waals surface area (Å²) in [4.78, 5) is 39.6. The van der Waals surface area contributed by atoms with E-state index in [-0.39, 0.29) is 41.2 Å². The van der Waals surface area contributed by atoms with Gasteiger partial charge in [-0.25, -0.2) is 9.37 Å². The fourth-order valence-corrected chi connectivity index (χ4v) is 6.40. The van der Waals surface area contributed by atoms with Gasteiger partial charge in [0.2, 0.25) is 17.7 Å². The van der Waals surface area contributed by atoms with Crippen LogP contribution >= 0.6 is 0 Å². The van der Waals surface area contributed by atoms with E-state index in [9.17, 15) is 9.59 Å². The molecule has 6 rings (SSSR count). The Morgan fingerprint density at radius 1 is 1.00 bits per heavy atom. The quantitative estimate of drug-likeness (QED) is 0.177.